The van der Waals surface area contributed by atoms with Crippen molar-refractivity contribution >= 4 is 22.4 Å². The van der Waals surface area contributed by atoms with Gasteiger partial charge in [0.2, 0.25) is 0 Å². The van der Waals surface area contributed by atoms with Crippen molar-refractivity contribution in [3.05, 3.63) is 71.8 Å². The summed E-state index contributed by atoms with van der Waals surface area (Å²) in [6.07, 6.45) is 0. The quantitative estimate of drug-likeness (QED) is 0.670. The predicted molar refractivity (Wildman–Crippen MR) is 107 cm³/mol. The maximum absolute atomic E-state index is 12.2. The van der Waals surface area contributed by atoms with Crippen molar-refractivity contribution in [3.8, 4) is 5.75 Å². The Labute approximate surface area is 154 Å². The van der Waals surface area contributed by atoms with Gasteiger partial charge in [0, 0.05) is 17.8 Å². The first-order chi connectivity index (χ1) is 12.7. The van der Waals surface area contributed by atoms with E-state index in [1.807, 2.05) is 55.5 Å². The highest BCUT2D eigenvalue weighted by atomic mass is 16.5. The van der Waals surface area contributed by atoms with E-state index in [4.69, 9.17) is 4.74 Å². The van der Waals surface area contributed by atoms with Crippen molar-refractivity contribution in [2.45, 2.75) is 20.4 Å². The van der Waals surface area contributed by atoms with E-state index in [2.05, 4.69) is 29.7 Å². The maximum Gasteiger partial charge on any atom is 0.262 e. The zero-order chi connectivity index (χ0) is 18.4. The molecule has 3 aromatic carbocycles. The Balaban J connectivity index is 1.73. The first-order valence-electron chi connectivity index (χ1n) is 8.88. The zero-order valence-corrected chi connectivity index (χ0v) is 15.2. The molecule has 0 aliphatic rings. The van der Waals surface area contributed by atoms with Crippen LogP contribution in [0.5, 0.6) is 5.75 Å². The molecule has 0 fully saturated rings. The molecule has 0 spiro atoms. The van der Waals surface area contributed by atoms with Crippen LogP contribution in [0.25, 0.3) is 10.8 Å². The fraction of sp³-hybridized carbons (Fsp3) is 0.227. The van der Waals surface area contributed by atoms with Gasteiger partial charge < -0.3 is 15.4 Å². The molecule has 0 saturated carbocycles. The minimum Gasteiger partial charge on any atom is -0.483 e. The molecule has 0 atom stereocenters. The lowest BCUT2D eigenvalue weighted by Crippen LogP contribution is -2.21. The fourth-order valence-corrected chi connectivity index (χ4v) is 2.86. The number of fused-ring (bicyclic) bond motifs is 1. The number of rotatable bonds is 7. The molecule has 0 aliphatic carbocycles. The van der Waals surface area contributed by atoms with Crippen molar-refractivity contribution < 1.29 is 9.53 Å². The lowest BCUT2D eigenvalue weighted by molar-refractivity contribution is -0.118. The second kappa shape index (κ2) is 8.50. The molecule has 3 rings (SSSR count). The Hall–Kier alpha value is -2.85. The van der Waals surface area contributed by atoms with Gasteiger partial charge in [-0.1, -0.05) is 55.0 Å². The number of anilines is 1. The molecule has 0 saturated heterocycles. The third kappa shape index (κ3) is 4.41. The van der Waals surface area contributed by atoms with Gasteiger partial charge in [0.25, 0.3) is 5.91 Å². The SMILES string of the molecule is CCNCc1c(OCC(=O)Nc2ccc(C)cc2)ccc2ccccc12. The van der Waals surface area contributed by atoms with E-state index in [9.17, 15) is 4.79 Å². The molecule has 3 aromatic rings. The molecule has 26 heavy (non-hydrogen) atoms. The summed E-state index contributed by atoms with van der Waals surface area (Å²) in [5.41, 5.74) is 3.01. The number of carbonyl (C=O) groups is 1. The normalized spacial score (nSPS) is 10.7. The largest absolute Gasteiger partial charge is 0.483 e. The monoisotopic (exact) mass is 348 g/mol. The molecular formula is C22H24N2O2. The number of nitrogens with one attached hydrogen (secondary N) is 2. The lowest BCUT2D eigenvalue weighted by Gasteiger charge is -2.15. The standard InChI is InChI=1S/C22H24N2O2/c1-3-23-14-20-19-7-5-4-6-17(19)10-13-21(20)26-15-22(25)24-18-11-8-16(2)9-12-18/h4-13,23H,3,14-15H2,1-2H3,(H,24,25). The fourth-order valence-electron chi connectivity index (χ4n) is 2.86. The topological polar surface area (TPSA) is 50.4 Å². The number of hydrogen-bond acceptors (Lipinski definition) is 3. The van der Waals surface area contributed by atoms with E-state index in [0.717, 1.165) is 39.9 Å². The van der Waals surface area contributed by atoms with Crippen LogP contribution in [0.1, 0.15) is 18.1 Å². The van der Waals surface area contributed by atoms with Crippen LogP contribution in [-0.2, 0) is 11.3 Å². The molecule has 4 heteroatoms. The highest BCUT2D eigenvalue weighted by Gasteiger charge is 2.10. The first-order valence-corrected chi connectivity index (χ1v) is 8.88. The van der Waals surface area contributed by atoms with Gasteiger partial charge in [-0.05, 0) is 42.4 Å². The van der Waals surface area contributed by atoms with Gasteiger partial charge in [0.15, 0.2) is 6.61 Å². The Morgan fingerprint density at radius 2 is 1.77 bits per heavy atom. The highest BCUT2D eigenvalue weighted by Crippen LogP contribution is 2.28. The van der Waals surface area contributed by atoms with E-state index in [-0.39, 0.29) is 12.5 Å². The number of aryl methyl sites for hydroxylation is 1. The minimum atomic E-state index is -0.170. The van der Waals surface area contributed by atoms with Crippen LogP contribution in [-0.4, -0.2) is 19.1 Å². The Morgan fingerprint density at radius 1 is 1.00 bits per heavy atom. The average Bonchev–Trinajstić information content (AvgIpc) is 2.66. The van der Waals surface area contributed by atoms with E-state index in [0.29, 0.717) is 6.54 Å². The molecule has 0 radical (unpaired) electrons. The summed E-state index contributed by atoms with van der Waals surface area (Å²) in [6.45, 7) is 5.63. The Morgan fingerprint density at radius 3 is 2.54 bits per heavy atom. The number of carbonyl (C=O) groups excluding carboxylic acids is 1. The van der Waals surface area contributed by atoms with Crippen LogP contribution in [0, 0.1) is 6.92 Å². The van der Waals surface area contributed by atoms with Gasteiger partial charge in [0.1, 0.15) is 5.75 Å². The summed E-state index contributed by atoms with van der Waals surface area (Å²) < 4.78 is 5.85. The van der Waals surface area contributed by atoms with Crippen LogP contribution in [0.2, 0.25) is 0 Å². The number of benzene rings is 3. The van der Waals surface area contributed by atoms with Crippen LogP contribution >= 0.6 is 0 Å². The van der Waals surface area contributed by atoms with Crippen LogP contribution < -0.4 is 15.4 Å². The number of amides is 1. The van der Waals surface area contributed by atoms with E-state index < -0.39 is 0 Å². The molecule has 0 heterocycles. The molecular weight excluding hydrogens is 324 g/mol. The lowest BCUT2D eigenvalue weighted by atomic mass is 10.0. The summed E-state index contributed by atoms with van der Waals surface area (Å²) in [4.78, 5) is 12.2. The first kappa shape index (κ1) is 18.0. The summed E-state index contributed by atoms with van der Waals surface area (Å²) in [5.74, 6) is 0.570. The maximum atomic E-state index is 12.2. The summed E-state index contributed by atoms with van der Waals surface area (Å²) >= 11 is 0. The van der Waals surface area contributed by atoms with Crippen molar-refractivity contribution in [3.63, 3.8) is 0 Å². The van der Waals surface area contributed by atoms with Gasteiger partial charge in [-0.2, -0.15) is 0 Å². The molecule has 4 nitrogen and oxygen atoms in total. The molecule has 2 N–H and O–H groups in total. The molecule has 1 amide bonds. The zero-order valence-electron chi connectivity index (χ0n) is 15.2. The molecule has 0 bridgehead atoms. The van der Waals surface area contributed by atoms with Gasteiger partial charge in [-0.15, -0.1) is 0 Å². The van der Waals surface area contributed by atoms with E-state index in [1.165, 1.54) is 0 Å². The summed E-state index contributed by atoms with van der Waals surface area (Å²) in [5, 5.41) is 8.52. The Bertz CT molecular complexity index is 888. The van der Waals surface area contributed by atoms with Crippen LogP contribution in [0.3, 0.4) is 0 Å². The van der Waals surface area contributed by atoms with Crippen LogP contribution in [0.15, 0.2) is 60.7 Å². The smallest absolute Gasteiger partial charge is 0.262 e. The van der Waals surface area contributed by atoms with Gasteiger partial charge in [0.05, 0.1) is 0 Å². The predicted octanol–water partition coefficient (Wildman–Crippen LogP) is 4.28. The van der Waals surface area contributed by atoms with Crippen molar-refractivity contribution in [1.29, 1.82) is 0 Å². The van der Waals surface area contributed by atoms with Crippen molar-refractivity contribution in [1.82, 2.24) is 5.32 Å². The molecule has 0 aliphatic heterocycles. The second-order valence-corrected chi connectivity index (χ2v) is 6.25. The van der Waals surface area contributed by atoms with E-state index in [1.54, 1.807) is 0 Å². The molecule has 0 unspecified atom stereocenters. The van der Waals surface area contributed by atoms with Crippen molar-refractivity contribution in [2.24, 2.45) is 0 Å². The van der Waals surface area contributed by atoms with E-state index >= 15 is 0 Å². The van der Waals surface area contributed by atoms with Crippen molar-refractivity contribution in [2.75, 3.05) is 18.5 Å². The summed E-state index contributed by atoms with van der Waals surface area (Å²) in [6, 6.07) is 19.9. The number of ether oxygens (including phenoxy) is 1. The molecule has 0 aromatic heterocycles. The van der Waals surface area contributed by atoms with Crippen LogP contribution in [0.4, 0.5) is 5.69 Å². The Kier molecular flexibility index (Phi) is 5.87. The van der Waals surface area contributed by atoms with Gasteiger partial charge in [-0.3, -0.25) is 4.79 Å². The highest BCUT2D eigenvalue weighted by molar-refractivity contribution is 5.92. The summed E-state index contributed by atoms with van der Waals surface area (Å²) in [7, 11) is 0. The number of hydrogen-bond donors (Lipinski definition) is 2. The molecule has 134 valence electrons. The van der Waals surface area contributed by atoms with Gasteiger partial charge in [-0.25, -0.2) is 0 Å². The minimum absolute atomic E-state index is 0.0225. The third-order valence-electron chi connectivity index (χ3n) is 4.24. The third-order valence-corrected chi connectivity index (χ3v) is 4.24. The van der Waals surface area contributed by atoms with Gasteiger partial charge >= 0.3 is 0 Å². The second-order valence-electron chi connectivity index (χ2n) is 6.25. The average molecular weight is 348 g/mol.